The first kappa shape index (κ1) is 22.0. The number of carbonyl (C=O) groups excluding carboxylic acids is 2. The van der Waals surface area contributed by atoms with Gasteiger partial charge in [-0.2, -0.15) is 0 Å². The van der Waals surface area contributed by atoms with Gasteiger partial charge in [-0.25, -0.2) is 9.97 Å². The number of hydrogen-bond donors (Lipinski definition) is 0. The van der Waals surface area contributed by atoms with E-state index in [9.17, 15) is 9.59 Å². The second-order valence-corrected chi connectivity index (χ2v) is 8.94. The fourth-order valence-electron chi connectivity index (χ4n) is 4.62. The summed E-state index contributed by atoms with van der Waals surface area (Å²) in [6, 6.07) is 11.4. The predicted molar refractivity (Wildman–Crippen MR) is 126 cm³/mol. The molecule has 0 saturated carbocycles. The van der Waals surface area contributed by atoms with Crippen molar-refractivity contribution in [3.8, 4) is 11.4 Å². The van der Waals surface area contributed by atoms with Crippen molar-refractivity contribution in [3.05, 3.63) is 36.4 Å². The third kappa shape index (κ3) is 4.26. The van der Waals surface area contributed by atoms with E-state index in [2.05, 4.69) is 9.80 Å². The Kier molecular flexibility index (Phi) is 6.30. The highest BCUT2D eigenvalue weighted by Gasteiger charge is 2.36. The van der Waals surface area contributed by atoms with E-state index in [1.54, 1.807) is 38.0 Å². The third-order valence-corrected chi connectivity index (χ3v) is 6.28. The van der Waals surface area contributed by atoms with Gasteiger partial charge in [0.1, 0.15) is 23.7 Å². The van der Waals surface area contributed by atoms with Crippen LogP contribution < -0.4 is 9.80 Å². The van der Waals surface area contributed by atoms with E-state index in [4.69, 9.17) is 9.97 Å². The third-order valence-electron chi connectivity index (χ3n) is 6.28. The van der Waals surface area contributed by atoms with E-state index in [0.29, 0.717) is 5.82 Å². The van der Waals surface area contributed by atoms with Gasteiger partial charge in [0.05, 0.1) is 0 Å². The monoisotopic (exact) mass is 436 g/mol. The summed E-state index contributed by atoms with van der Waals surface area (Å²) in [5.41, 5.74) is 0.917. The van der Waals surface area contributed by atoms with Crippen LogP contribution in [0.1, 0.15) is 25.7 Å². The average molecular weight is 437 g/mol. The fraction of sp³-hybridized carbons (Fsp3) is 0.500. The fourth-order valence-corrected chi connectivity index (χ4v) is 4.62. The summed E-state index contributed by atoms with van der Waals surface area (Å²) in [6.45, 7) is 1.55. The Labute approximate surface area is 189 Å². The van der Waals surface area contributed by atoms with Gasteiger partial charge in [-0.15, -0.1) is 0 Å². The molecule has 2 amide bonds. The van der Waals surface area contributed by atoms with Gasteiger partial charge >= 0.3 is 0 Å². The smallest absolute Gasteiger partial charge is 0.244 e. The standard InChI is InChI=1S/C24H32N6O2/c1-27(2)23(31)18-12-8-14-29(18)20-16-21(26-22(25-20)17-10-6-5-7-11-17)30-15-9-13-19(30)24(32)28(3)4/h5-7,10-11,16,18-19H,8-9,12-15H2,1-4H3. The van der Waals surface area contributed by atoms with Crippen molar-refractivity contribution in [1.29, 1.82) is 0 Å². The quantitative estimate of drug-likeness (QED) is 0.716. The zero-order valence-corrected chi connectivity index (χ0v) is 19.4. The minimum atomic E-state index is -0.228. The van der Waals surface area contributed by atoms with Crippen LogP contribution >= 0.6 is 0 Å². The molecule has 4 rings (SSSR count). The van der Waals surface area contributed by atoms with E-state index >= 15 is 0 Å². The molecule has 2 aliphatic heterocycles. The van der Waals surface area contributed by atoms with Gasteiger partial charge in [0, 0.05) is 52.9 Å². The molecule has 3 heterocycles. The maximum absolute atomic E-state index is 12.8. The highest BCUT2D eigenvalue weighted by Crippen LogP contribution is 2.33. The minimum Gasteiger partial charge on any atom is -0.347 e. The first-order valence-electron chi connectivity index (χ1n) is 11.3. The predicted octanol–water partition coefficient (Wildman–Crippen LogP) is 2.26. The first-order valence-corrected chi connectivity index (χ1v) is 11.3. The Hall–Kier alpha value is -3.16. The Bertz CT molecular complexity index is 921. The molecular weight excluding hydrogens is 404 g/mol. The largest absolute Gasteiger partial charge is 0.347 e. The number of likely N-dealkylation sites (N-methyl/N-ethyl adjacent to an activating group) is 2. The van der Waals surface area contributed by atoms with E-state index in [-0.39, 0.29) is 23.9 Å². The topological polar surface area (TPSA) is 72.9 Å². The maximum atomic E-state index is 12.8. The van der Waals surface area contributed by atoms with E-state index in [1.807, 2.05) is 36.4 Å². The first-order chi connectivity index (χ1) is 15.4. The van der Waals surface area contributed by atoms with Gasteiger partial charge in [0.25, 0.3) is 0 Å². The van der Waals surface area contributed by atoms with Gasteiger partial charge in [-0.1, -0.05) is 30.3 Å². The normalized spacial score (nSPS) is 20.5. The number of hydrogen-bond acceptors (Lipinski definition) is 6. The highest BCUT2D eigenvalue weighted by atomic mass is 16.2. The molecular formula is C24H32N6O2. The molecule has 1 aromatic carbocycles. The lowest BCUT2D eigenvalue weighted by atomic mass is 10.2. The summed E-state index contributed by atoms with van der Waals surface area (Å²) in [7, 11) is 7.17. The van der Waals surface area contributed by atoms with E-state index < -0.39 is 0 Å². The Morgan fingerprint density at radius 3 is 1.72 bits per heavy atom. The summed E-state index contributed by atoms with van der Waals surface area (Å²) in [5, 5.41) is 0. The lowest BCUT2D eigenvalue weighted by molar-refractivity contribution is -0.130. The SMILES string of the molecule is CN(C)C(=O)C1CCCN1c1cc(N2CCCC2C(=O)N(C)C)nc(-c2ccccc2)n1. The molecule has 2 fully saturated rings. The Balaban J connectivity index is 1.77. The molecule has 32 heavy (non-hydrogen) atoms. The van der Waals surface area contributed by atoms with Gasteiger partial charge in [-0.3, -0.25) is 9.59 Å². The number of benzene rings is 1. The molecule has 2 aromatic rings. The average Bonchev–Trinajstić information content (AvgIpc) is 3.48. The van der Waals surface area contributed by atoms with Crippen LogP contribution in [0.15, 0.2) is 36.4 Å². The van der Waals surface area contributed by atoms with Crippen molar-refractivity contribution in [2.24, 2.45) is 0 Å². The van der Waals surface area contributed by atoms with Crippen LogP contribution in [0.5, 0.6) is 0 Å². The molecule has 0 radical (unpaired) electrons. The summed E-state index contributed by atoms with van der Waals surface area (Å²) < 4.78 is 0. The summed E-state index contributed by atoms with van der Waals surface area (Å²) in [4.78, 5) is 42.9. The number of anilines is 2. The number of rotatable bonds is 5. The molecule has 0 spiro atoms. The molecule has 8 nitrogen and oxygen atoms in total. The highest BCUT2D eigenvalue weighted by molar-refractivity contribution is 5.87. The van der Waals surface area contributed by atoms with E-state index in [1.165, 1.54) is 0 Å². The molecule has 170 valence electrons. The molecule has 2 atom stereocenters. The van der Waals surface area contributed by atoms with Crippen LogP contribution in [0.2, 0.25) is 0 Å². The van der Waals surface area contributed by atoms with Crippen LogP contribution in [-0.4, -0.2) is 84.9 Å². The summed E-state index contributed by atoms with van der Waals surface area (Å²) >= 11 is 0. The number of amides is 2. The number of carbonyl (C=O) groups is 2. The van der Waals surface area contributed by atoms with Crippen LogP contribution in [0, 0.1) is 0 Å². The second kappa shape index (κ2) is 9.14. The van der Waals surface area contributed by atoms with Gasteiger partial charge in [0.15, 0.2) is 5.82 Å². The summed E-state index contributed by atoms with van der Waals surface area (Å²) in [6.07, 6.45) is 3.50. The Morgan fingerprint density at radius 1 is 0.812 bits per heavy atom. The second-order valence-electron chi connectivity index (χ2n) is 8.94. The van der Waals surface area contributed by atoms with Crippen LogP contribution in [0.25, 0.3) is 11.4 Å². The van der Waals surface area contributed by atoms with Crippen molar-refractivity contribution in [3.63, 3.8) is 0 Å². The zero-order chi connectivity index (χ0) is 22.8. The molecule has 8 heteroatoms. The van der Waals surface area contributed by atoms with Crippen molar-refractivity contribution < 1.29 is 9.59 Å². The van der Waals surface area contributed by atoms with Crippen LogP contribution in [-0.2, 0) is 9.59 Å². The molecule has 2 aliphatic rings. The number of aromatic nitrogens is 2. The van der Waals surface area contributed by atoms with Crippen LogP contribution in [0.3, 0.4) is 0 Å². The molecule has 2 unspecified atom stereocenters. The summed E-state index contributed by atoms with van der Waals surface area (Å²) in [5.74, 6) is 2.28. The maximum Gasteiger partial charge on any atom is 0.244 e. The molecule has 2 saturated heterocycles. The Morgan fingerprint density at radius 2 is 1.28 bits per heavy atom. The molecule has 0 N–H and O–H groups in total. The van der Waals surface area contributed by atoms with Crippen molar-refractivity contribution in [2.75, 3.05) is 51.1 Å². The lowest BCUT2D eigenvalue weighted by Crippen LogP contribution is -2.44. The van der Waals surface area contributed by atoms with Gasteiger partial charge < -0.3 is 19.6 Å². The minimum absolute atomic E-state index is 0.0887. The number of nitrogens with zero attached hydrogens (tertiary/aromatic N) is 6. The molecule has 1 aromatic heterocycles. The van der Waals surface area contributed by atoms with Crippen molar-refractivity contribution in [1.82, 2.24) is 19.8 Å². The molecule has 0 bridgehead atoms. The van der Waals surface area contributed by atoms with Gasteiger partial charge in [0.2, 0.25) is 11.8 Å². The molecule has 0 aliphatic carbocycles. The van der Waals surface area contributed by atoms with E-state index in [0.717, 1.165) is 56.0 Å². The van der Waals surface area contributed by atoms with Gasteiger partial charge in [-0.05, 0) is 25.7 Å². The van der Waals surface area contributed by atoms with Crippen LogP contribution in [0.4, 0.5) is 11.6 Å². The van der Waals surface area contributed by atoms with Crippen molar-refractivity contribution >= 4 is 23.5 Å². The van der Waals surface area contributed by atoms with Crippen molar-refractivity contribution in [2.45, 2.75) is 37.8 Å². The zero-order valence-electron chi connectivity index (χ0n) is 19.4. The lowest BCUT2D eigenvalue weighted by Gasteiger charge is -2.30.